The number of rotatable bonds is 8. The quantitative estimate of drug-likeness (QED) is 0.428. The molecule has 0 bridgehead atoms. The van der Waals surface area contributed by atoms with Crippen molar-refractivity contribution in [3.8, 4) is 17.2 Å². The Bertz CT molecular complexity index is 945. The van der Waals surface area contributed by atoms with Crippen molar-refractivity contribution in [1.82, 2.24) is 15.1 Å². The van der Waals surface area contributed by atoms with Gasteiger partial charge in [0.1, 0.15) is 18.2 Å². The monoisotopic (exact) mass is 386 g/mol. The summed E-state index contributed by atoms with van der Waals surface area (Å²) in [6, 6.07) is 11.7. The summed E-state index contributed by atoms with van der Waals surface area (Å²) in [4.78, 5) is 12.2. The highest BCUT2D eigenvalue weighted by Crippen LogP contribution is 2.24. The van der Waals surface area contributed by atoms with Gasteiger partial charge in [0, 0.05) is 30.3 Å². The zero-order chi connectivity index (χ0) is 20.1. The fourth-order valence-corrected chi connectivity index (χ4v) is 2.49. The number of benzene rings is 2. The molecule has 0 saturated carbocycles. The van der Waals surface area contributed by atoms with E-state index >= 15 is 0 Å². The molecule has 28 heavy (non-hydrogen) atoms. The number of nitrogens with zero attached hydrogens (tertiary/aromatic N) is 4. The molecule has 1 unspecified atom stereocenters. The van der Waals surface area contributed by atoms with Crippen LogP contribution in [0.1, 0.15) is 18.9 Å². The van der Waals surface area contributed by atoms with Crippen LogP contribution < -0.4 is 4.74 Å². The van der Waals surface area contributed by atoms with Crippen LogP contribution in [0, 0.1) is 15.9 Å². The van der Waals surface area contributed by atoms with Crippen molar-refractivity contribution in [3.63, 3.8) is 0 Å². The van der Waals surface area contributed by atoms with Gasteiger partial charge in [0.05, 0.1) is 11.0 Å². The number of aromatic nitrogens is 2. The number of hydrogen-bond acceptors (Lipinski definition) is 7. The Morgan fingerprint density at radius 2 is 2.00 bits per heavy atom. The molecule has 0 amide bonds. The van der Waals surface area contributed by atoms with Gasteiger partial charge < -0.3 is 9.15 Å². The van der Waals surface area contributed by atoms with Crippen LogP contribution in [0.25, 0.3) is 11.5 Å². The van der Waals surface area contributed by atoms with E-state index < -0.39 is 4.92 Å². The Kier molecular flexibility index (Phi) is 5.95. The molecular weight excluding hydrogens is 367 g/mol. The topological polar surface area (TPSA) is 94.5 Å². The van der Waals surface area contributed by atoms with Gasteiger partial charge in [-0.15, -0.1) is 10.2 Å². The van der Waals surface area contributed by atoms with E-state index in [9.17, 15) is 14.5 Å². The molecule has 0 aliphatic heterocycles. The summed E-state index contributed by atoms with van der Waals surface area (Å²) in [5.41, 5.74) is 0.600. The lowest BCUT2D eigenvalue weighted by molar-refractivity contribution is -0.384. The molecule has 0 spiro atoms. The molecule has 1 atom stereocenters. The molecule has 0 aliphatic carbocycles. The Balaban J connectivity index is 1.58. The first-order chi connectivity index (χ1) is 13.4. The largest absolute Gasteiger partial charge is 0.492 e. The molecule has 3 rings (SSSR count). The second-order valence-electron chi connectivity index (χ2n) is 6.21. The fourth-order valence-electron chi connectivity index (χ4n) is 2.49. The van der Waals surface area contributed by atoms with Crippen molar-refractivity contribution in [2.45, 2.75) is 13.0 Å². The Hall–Kier alpha value is -3.33. The van der Waals surface area contributed by atoms with Gasteiger partial charge in [-0.3, -0.25) is 15.0 Å². The Labute approximate surface area is 160 Å². The molecule has 0 radical (unpaired) electrons. The van der Waals surface area contributed by atoms with Gasteiger partial charge in [0.15, 0.2) is 0 Å². The number of hydrogen-bond donors (Lipinski definition) is 0. The molecule has 8 nitrogen and oxygen atoms in total. The highest BCUT2D eigenvalue weighted by molar-refractivity contribution is 5.55. The van der Waals surface area contributed by atoms with Crippen molar-refractivity contribution < 1.29 is 18.5 Å². The van der Waals surface area contributed by atoms with Crippen LogP contribution in [0.15, 0.2) is 52.9 Å². The molecule has 1 heterocycles. The molecular formula is C19H19FN4O4. The minimum Gasteiger partial charge on any atom is -0.492 e. The molecule has 0 fully saturated rings. The van der Waals surface area contributed by atoms with E-state index in [1.165, 1.54) is 24.3 Å². The lowest BCUT2D eigenvalue weighted by Crippen LogP contribution is -2.27. The summed E-state index contributed by atoms with van der Waals surface area (Å²) < 4.78 is 24.4. The van der Waals surface area contributed by atoms with E-state index in [0.717, 1.165) is 0 Å². The zero-order valence-electron chi connectivity index (χ0n) is 15.4. The van der Waals surface area contributed by atoms with Gasteiger partial charge in [-0.1, -0.05) is 6.07 Å². The number of non-ortho nitro benzene ring substituents is 1. The normalized spacial score (nSPS) is 12.1. The van der Waals surface area contributed by atoms with Crippen molar-refractivity contribution in [3.05, 3.63) is 70.4 Å². The molecule has 9 heteroatoms. The molecule has 0 aliphatic rings. The summed E-state index contributed by atoms with van der Waals surface area (Å²) in [6.45, 7) is 2.84. The standard InChI is InChI=1S/C19H19FN4O4/c1-13(23(2)10-11-27-17-5-3-4-15(20)12-17)18-21-22-19(28-18)14-6-8-16(9-7-14)24(25)26/h3-9,12-13H,10-11H2,1-2H3. The van der Waals surface area contributed by atoms with Crippen LogP contribution in [-0.2, 0) is 0 Å². The van der Waals surface area contributed by atoms with Gasteiger partial charge in [-0.25, -0.2) is 4.39 Å². The fraction of sp³-hybridized carbons (Fsp3) is 0.263. The summed E-state index contributed by atoms with van der Waals surface area (Å²) in [6.07, 6.45) is 0. The molecule has 1 aromatic heterocycles. The third-order valence-corrected chi connectivity index (χ3v) is 4.29. The average molecular weight is 386 g/mol. The highest BCUT2D eigenvalue weighted by Gasteiger charge is 2.19. The SMILES string of the molecule is CC(c1nnc(-c2ccc([N+](=O)[O-])cc2)o1)N(C)CCOc1cccc(F)c1. The molecule has 0 N–H and O–H groups in total. The van der Waals surface area contributed by atoms with Gasteiger partial charge in [0.25, 0.3) is 5.69 Å². The zero-order valence-corrected chi connectivity index (χ0v) is 15.4. The number of nitro groups is 1. The van der Waals surface area contributed by atoms with Crippen LogP contribution in [-0.4, -0.2) is 40.2 Å². The summed E-state index contributed by atoms with van der Waals surface area (Å²) in [5, 5.41) is 18.8. The van der Waals surface area contributed by atoms with Gasteiger partial charge >= 0.3 is 0 Å². The van der Waals surface area contributed by atoms with E-state index in [1.54, 1.807) is 24.3 Å². The average Bonchev–Trinajstić information content (AvgIpc) is 3.17. The van der Waals surface area contributed by atoms with E-state index in [2.05, 4.69) is 10.2 Å². The van der Waals surface area contributed by atoms with Gasteiger partial charge in [0.2, 0.25) is 11.8 Å². The number of halogens is 1. The third kappa shape index (κ3) is 4.68. The minimum atomic E-state index is -0.466. The first-order valence-electron chi connectivity index (χ1n) is 8.61. The third-order valence-electron chi connectivity index (χ3n) is 4.29. The molecule has 0 saturated heterocycles. The molecule has 146 valence electrons. The Morgan fingerprint density at radius 3 is 2.68 bits per heavy atom. The Morgan fingerprint density at radius 1 is 1.25 bits per heavy atom. The van der Waals surface area contributed by atoms with Gasteiger partial charge in [-0.05, 0) is 38.2 Å². The van der Waals surface area contributed by atoms with Crippen molar-refractivity contribution >= 4 is 5.69 Å². The maximum atomic E-state index is 13.2. The summed E-state index contributed by atoms with van der Waals surface area (Å²) >= 11 is 0. The number of ether oxygens (including phenoxy) is 1. The lowest BCUT2D eigenvalue weighted by atomic mass is 10.2. The van der Waals surface area contributed by atoms with Gasteiger partial charge in [-0.2, -0.15) is 0 Å². The van der Waals surface area contributed by atoms with Crippen molar-refractivity contribution in [2.75, 3.05) is 20.2 Å². The first kappa shape index (κ1) is 19.4. The number of likely N-dealkylation sites (N-methyl/N-ethyl adjacent to an activating group) is 1. The van der Waals surface area contributed by atoms with Crippen molar-refractivity contribution in [1.29, 1.82) is 0 Å². The summed E-state index contributed by atoms with van der Waals surface area (Å²) in [5.74, 6) is 0.839. The highest BCUT2D eigenvalue weighted by atomic mass is 19.1. The molecule has 2 aromatic carbocycles. The maximum absolute atomic E-state index is 13.2. The van der Waals surface area contributed by atoms with Crippen LogP contribution in [0.4, 0.5) is 10.1 Å². The van der Waals surface area contributed by atoms with Crippen LogP contribution in [0.5, 0.6) is 5.75 Å². The van der Waals surface area contributed by atoms with E-state index in [1.807, 2.05) is 18.9 Å². The second-order valence-corrected chi connectivity index (χ2v) is 6.21. The van der Waals surface area contributed by atoms with Crippen LogP contribution in [0.2, 0.25) is 0 Å². The minimum absolute atomic E-state index is 0.00473. The number of nitro benzene ring substituents is 1. The smallest absolute Gasteiger partial charge is 0.269 e. The van der Waals surface area contributed by atoms with Crippen LogP contribution >= 0.6 is 0 Å². The van der Waals surface area contributed by atoms with E-state index in [-0.39, 0.29) is 17.5 Å². The maximum Gasteiger partial charge on any atom is 0.269 e. The predicted octanol–water partition coefficient (Wildman–Crippen LogP) is 3.86. The second kappa shape index (κ2) is 8.57. The van der Waals surface area contributed by atoms with Crippen molar-refractivity contribution in [2.24, 2.45) is 0 Å². The summed E-state index contributed by atoms with van der Waals surface area (Å²) in [7, 11) is 1.88. The predicted molar refractivity (Wildman–Crippen MR) is 99.3 cm³/mol. The first-order valence-corrected chi connectivity index (χ1v) is 8.61. The lowest BCUT2D eigenvalue weighted by Gasteiger charge is -2.21. The van der Waals surface area contributed by atoms with E-state index in [0.29, 0.717) is 36.2 Å². The van der Waals surface area contributed by atoms with E-state index in [4.69, 9.17) is 9.15 Å². The molecule has 3 aromatic rings. The van der Waals surface area contributed by atoms with Crippen LogP contribution in [0.3, 0.4) is 0 Å².